The van der Waals surface area contributed by atoms with Crippen LogP contribution in [-0.4, -0.2) is 74.1 Å². The van der Waals surface area contributed by atoms with Crippen LogP contribution in [0.1, 0.15) is 19.3 Å². The number of methoxy groups -OCH3 is 1. The molecule has 2 saturated heterocycles. The molecule has 28 heavy (non-hydrogen) atoms. The van der Waals surface area contributed by atoms with Crippen LogP contribution in [0.4, 0.5) is 0 Å². The zero-order chi connectivity index (χ0) is 20.5. The summed E-state index contributed by atoms with van der Waals surface area (Å²) < 4.78 is 33.4. The Labute approximate surface area is 175 Å². The number of carbonyl (C=O) groups excluding carboxylic acids is 1. The summed E-state index contributed by atoms with van der Waals surface area (Å²) in [7, 11) is -2.49. The topological polar surface area (TPSA) is 87.2 Å². The summed E-state index contributed by atoms with van der Waals surface area (Å²) in [6.45, 7) is 0.780. The first-order chi connectivity index (χ1) is 13.3. The molecule has 10 heteroatoms. The summed E-state index contributed by atoms with van der Waals surface area (Å²) >= 11 is 12.0. The first-order valence-electron chi connectivity index (χ1n) is 9.17. The van der Waals surface area contributed by atoms with Crippen LogP contribution in [-0.2, 0) is 19.6 Å². The minimum Gasteiger partial charge on any atom is -0.396 e. The Morgan fingerprint density at radius 2 is 1.89 bits per heavy atom. The third-order valence-corrected chi connectivity index (χ3v) is 7.77. The van der Waals surface area contributed by atoms with Gasteiger partial charge in [0.05, 0.1) is 11.5 Å². The third kappa shape index (κ3) is 4.17. The fourth-order valence-corrected chi connectivity index (χ4v) is 6.73. The number of benzene rings is 1. The van der Waals surface area contributed by atoms with Gasteiger partial charge in [-0.2, -0.15) is 4.31 Å². The molecular weight excluding hydrogens is 427 g/mol. The molecule has 1 aromatic rings. The van der Waals surface area contributed by atoms with E-state index in [1.165, 1.54) is 22.5 Å². The number of fused-ring (bicyclic) bond motifs is 2. The van der Waals surface area contributed by atoms with Gasteiger partial charge in [0.15, 0.2) is 0 Å². The lowest BCUT2D eigenvalue weighted by molar-refractivity contribution is -0.135. The molecule has 0 unspecified atom stereocenters. The van der Waals surface area contributed by atoms with Crippen LogP contribution in [0.3, 0.4) is 0 Å². The number of halogens is 2. The molecule has 156 valence electrons. The third-order valence-electron chi connectivity index (χ3n) is 5.42. The van der Waals surface area contributed by atoms with E-state index >= 15 is 0 Å². The maximum Gasteiger partial charge on any atom is 0.244 e. The van der Waals surface area contributed by atoms with Crippen LogP contribution in [0.25, 0.3) is 0 Å². The lowest BCUT2D eigenvalue weighted by Crippen LogP contribution is -2.55. The molecule has 0 aliphatic carbocycles. The van der Waals surface area contributed by atoms with Crippen molar-refractivity contribution in [2.24, 2.45) is 5.92 Å². The summed E-state index contributed by atoms with van der Waals surface area (Å²) in [6, 6.07) is 2.85. The quantitative estimate of drug-likeness (QED) is 0.715. The number of aliphatic hydroxyl groups excluding tert-OH is 1. The Morgan fingerprint density at radius 3 is 2.50 bits per heavy atom. The van der Waals surface area contributed by atoms with Gasteiger partial charge in [-0.3, -0.25) is 4.79 Å². The van der Waals surface area contributed by atoms with E-state index in [1.54, 1.807) is 12.0 Å². The second-order valence-corrected chi connectivity index (χ2v) is 9.89. The van der Waals surface area contributed by atoms with Crippen LogP contribution in [0, 0.1) is 5.92 Å². The molecule has 0 radical (unpaired) electrons. The van der Waals surface area contributed by atoms with Gasteiger partial charge in [-0.25, -0.2) is 8.42 Å². The predicted molar refractivity (Wildman–Crippen MR) is 106 cm³/mol. The molecule has 3 atom stereocenters. The molecule has 0 spiro atoms. The highest BCUT2D eigenvalue weighted by molar-refractivity contribution is 7.89. The second kappa shape index (κ2) is 8.85. The van der Waals surface area contributed by atoms with Gasteiger partial charge in [0, 0.05) is 48.8 Å². The van der Waals surface area contributed by atoms with E-state index in [2.05, 4.69) is 0 Å². The van der Waals surface area contributed by atoms with E-state index in [9.17, 15) is 18.3 Å². The fraction of sp³-hybridized carbons (Fsp3) is 0.611. The highest BCUT2D eigenvalue weighted by atomic mass is 35.5. The van der Waals surface area contributed by atoms with Crippen LogP contribution >= 0.6 is 23.2 Å². The van der Waals surface area contributed by atoms with Crippen LogP contribution in [0.15, 0.2) is 23.1 Å². The van der Waals surface area contributed by atoms with Crippen molar-refractivity contribution in [1.82, 2.24) is 9.21 Å². The first kappa shape index (κ1) is 21.8. The lowest BCUT2D eigenvalue weighted by Gasteiger charge is -2.40. The molecule has 2 aliphatic rings. The van der Waals surface area contributed by atoms with Gasteiger partial charge < -0.3 is 14.7 Å². The van der Waals surface area contributed by atoms with Crippen molar-refractivity contribution in [3.8, 4) is 0 Å². The SMILES string of the molecule is COCCN1C[C@@H](CO)[C@H]2CCC[C@@H](C1=O)N2S(=O)(=O)c1cc(Cl)cc(Cl)c1. The predicted octanol–water partition coefficient (Wildman–Crippen LogP) is 2.00. The van der Waals surface area contributed by atoms with E-state index < -0.39 is 22.1 Å². The van der Waals surface area contributed by atoms with Crippen molar-refractivity contribution >= 4 is 39.1 Å². The number of aliphatic hydroxyl groups is 1. The van der Waals surface area contributed by atoms with Gasteiger partial charge in [0.1, 0.15) is 6.04 Å². The van der Waals surface area contributed by atoms with Crippen molar-refractivity contribution < 1.29 is 23.1 Å². The Balaban J connectivity index is 2.06. The van der Waals surface area contributed by atoms with Gasteiger partial charge in [0.25, 0.3) is 0 Å². The molecule has 0 saturated carbocycles. The number of sulfonamides is 1. The zero-order valence-corrected chi connectivity index (χ0v) is 17.9. The van der Waals surface area contributed by atoms with Gasteiger partial charge >= 0.3 is 0 Å². The minimum absolute atomic E-state index is 0.0447. The van der Waals surface area contributed by atoms with E-state index in [0.29, 0.717) is 32.5 Å². The minimum atomic E-state index is -4.03. The molecule has 2 aliphatic heterocycles. The Hall–Kier alpha value is -0.900. The fourth-order valence-electron chi connectivity index (χ4n) is 4.11. The molecule has 2 bridgehead atoms. The van der Waals surface area contributed by atoms with Crippen molar-refractivity contribution in [3.63, 3.8) is 0 Å². The molecule has 0 aromatic heterocycles. The number of hydrogen-bond acceptors (Lipinski definition) is 5. The molecule has 2 fully saturated rings. The van der Waals surface area contributed by atoms with Gasteiger partial charge in [-0.15, -0.1) is 0 Å². The number of hydrogen-bond donors (Lipinski definition) is 1. The Kier molecular flexibility index (Phi) is 6.89. The summed E-state index contributed by atoms with van der Waals surface area (Å²) in [5.74, 6) is -0.634. The molecule has 1 aromatic carbocycles. The molecule has 1 N–H and O–H groups in total. The van der Waals surface area contributed by atoms with Gasteiger partial charge in [-0.1, -0.05) is 23.2 Å². The molecular formula is C18H24Cl2N2O5S. The number of ether oxygens (including phenoxy) is 1. The highest BCUT2D eigenvalue weighted by Crippen LogP contribution is 2.37. The standard InChI is InChI=1S/C18H24Cl2N2O5S/c1-27-6-5-21-10-12(11-23)16-3-2-4-17(18(21)24)22(16)28(25,26)15-8-13(19)7-14(20)9-15/h7-9,12,16-17,23H,2-6,10-11H2,1H3/t12-,16+,17-/m0/s1. The smallest absolute Gasteiger partial charge is 0.244 e. The average molecular weight is 451 g/mol. The molecule has 7 nitrogen and oxygen atoms in total. The monoisotopic (exact) mass is 450 g/mol. The lowest BCUT2D eigenvalue weighted by atomic mass is 9.91. The Morgan fingerprint density at radius 1 is 1.21 bits per heavy atom. The summed E-state index contributed by atoms with van der Waals surface area (Å²) in [5, 5.41) is 10.4. The van der Waals surface area contributed by atoms with Gasteiger partial charge in [-0.05, 0) is 37.5 Å². The summed E-state index contributed by atoms with van der Waals surface area (Å²) in [5.41, 5.74) is 0. The number of rotatable bonds is 6. The second-order valence-electron chi connectivity index (χ2n) is 7.17. The van der Waals surface area contributed by atoms with Crippen molar-refractivity contribution in [2.45, 2.75) is 36.2 Å². The highest BCUT2D eigenvalue weighted by Gasteiger charge is 2.49. The molecule has 3 rings (SSSR count). The number of carbonyl (C=O) groups is 1. The maximum absolute atomic E-state index is 13.5. The maximum atomic E-state index is 13.5. The van der Waals surface area contributed by atoms with Crippen LogP contribution in [0.2, 0.25) is 10.0 Å². The molecule has 2 heterocycles. The largest absolute Gasteiger partial charge is 0.396 e. The van der Waals surface area contributed by atoms with Crippen LogP contribution in [0.5, 0.6) is 0 Å². The van der Waals surface area contributed by atoms with Crippen molar-refractivity contribution in [1.29, 1.82) is 0 Å². The van der Waals surface area contributed by atoms with Crippen LogP contribution < -0.4 is 0 Å². The van der Waals surface area contributed by atoms with E-state index in [-0.39, 0.29) is 33.4 Å². The zero-order valence-electron chi connectivity index (χ0n) is 15.6. The summed E-state index contributed by atoms with van der Waals surface area (Å²) in [6.07, 6.45) is 1.74. The van der Waals surface area contributed by atoms with Gasteiger partial charge in [0.2, 0.25) is 15.9 Å². The van der Waals surface area contributed by atoms with Crippen molar-refractivity contribution in [2.75, 3.05) is 33.4 Å². The summed E-state index contributed by atoms with van der Waals surface area (Å²) in [4.78, 5) is 14.7. The Bertz CT molecular complexity index is 815. The average Bonchev–Trinajstić information content (AvgIpc) is 2.72. The normalized spacial score (nSPS) is 26.4. The number of piperidine rings is 1. The molecule has 1 amide bonds. The van der Waals surface area contributed by atoms with E-state index in [0.717, 1.165) is 6.42 Å². The number of amides is 1. The van der Waals surface area contributed by atoms with E-state index in [1.807, 2.05) is 0 Å². The first-order valence-corrected chi connectivity index (χ1v) is 11.4. The number of nitrogens with zero attached hydrogens (tertiary/aromatic N) is 2. The van der Waals surface area contributed by atoms with Crippen molar-refractivity contribution in [3.05, 3.63) is 28.2 Å². The van der Waals surface area contributed by atoms with E-state index in [4.69, 9.17) is 27.9 Å².